The van der Waals surface area contributed by atoms with Crippen molar-refractivity contribution in [3.63, 3.8) is 0 Å². The molecule has 3 heterocycles. The van der Waals surface area contributed by atoms with Gasteiger partial charge < -0.3 is 44.7 Å². The molecule has 0 aliphatic carbocycles. The maximum Gasteiger partial charge on any atom is 0.481 e. The van der Waals surface area contributed by atoms with Crippen LogP contribution in [-0.2, 0) is 51.0 Å². The van der Waals surface area contributed by atoms with Crippen LogP contribution in [0, 0.1) is 0 Å². The zero-order chi connectivity index (χ0) is 51.7. The zero-order valence-electron chi connectivity index (χ0n) is 42.0. The molecule has 9 atom stereocenters. The summed E-state index contributed by atoms with van der Waals surface area (Å²) in [6, 6.07) is 1.24. The number of carbonyl (C=O) groups excluding carboxylic acids is 2. The monoisotopic (exact) mass is 1040 g/mol. The van der Waals surface area contributed by atoms with Crippen LogP contribution in [0.1, 0.15) is 174 Å². The highest BCUT2D eigenvalue weighted by atomic mass is 31.3. The third-order valence-electron chi connectivity index (χ3n) is 11.8. The molecule has 2 fully saturated rings. The van der Waals surface area contributed by atoms with Crippen molar-refractivity contribution in [1.82, 2.24) is 9.55 Å². The van der Waals surface area contributed by atoms with Gasteiger partial charge in [-0.05, 0) is 83.1 Å². The van der Waals surface area contributed by atoms with Crippen LogP contribution in [0.15, 0.2) is 65.7 Å². The molecule has 2 aliphatic rings. The molecule has 0 saturated carbocycles. The van der Waals surface area contributed by atoms with E-state index in [-0.39, 0.29) is 30.9 Å². The van der Waals surface area contributed by atoms with Crippen LogP contribution in [0.5, 0.6) is 0 Å². The van der Waals surface area contributed by atoms with E-state index in [9.17, 15) is 43.5 Å². The van der Waals surface area contributed by atoms with E-state index in [1.54, 1.807) is 0 Å². The van der Waals surface area contributed by atoms with E-state index in [0.29, 0.717) is 19.3 Å². The number of hydrogen-bond donors (Lipinski definition) is 5. The van der Waals surface area contributed by atoms with Gasteiger partial charge in [-0.1, -0.05) is 127 Å². The van der Waals surface area contributed by atoms with Gasteiger partial charge in [0.1, 0.15) is 30.7 Å². The number of aliphatic hydroxyl groups excluding tert-OH is 2. The van der Waals surface area contributed by atoms with E-state index in [2.05, 4.69) is 59.6 Å². The summed E-state index contributed by atoms with van der Waals surface area (Å²) in [4.78, 5) is 62.0. The number of epoxide rings is 1. The second-order valence-corrected chi connectivity index (χ2v) is 21.1. The number of aromatic nitrogens is 2. The molecule has 4 unspecified atom stereocenters. The van der Waals surface area contributed by atoms with Gasteiger partial charge in [0, 0.05) is 19.0 Å². The Morgan fingerprint density at radius 1 is 0.690 bits per heavy atom. The SMILES string of the molecule is CCCCC/C=C\C/C=C\CC1OC1C/C=C\CCCC(=O)O[C@H](COC(=O)CCCCCCC/C=C\CCCCCCCC)COP(=O)(O)OP(=O)(O)OC[C@H]1O[C@@H](n2ccc(N)nc2=O)[C@H](O)[C@@H]1O. The molecule has 21 heteroatoms. The van der Waals surface area contributed by atoms with Crippen molar-refractivity contribution in [2.24, 2.45) is 0 Å². The fourth-order valence-electron chi connectivity index (χ4n) is 7.64. The van der Waals surface area contributed by atoms with Crippen molar-refractivity contribution >= 4 is 33.4 Å². The second kappa shape index (κ2) is 35.8. The molecular formula is C50H83N3O16P2. The van der Waals surface area contributed by atoms with Gasteiger partial charge >= 0.3 is 33.3 Å². The lowest BCUT2D eigenvalue weighted by atomic mass is 10.1. The normalized spacial score (nSPS) is 22.4. The number of anilines is 1. The number of hydrogen-bond acceptors (Lipinski definition) is 16. The molecule has 2 aliphatic heterocycles. The smallest absolute Gasteiger partial charge is 0.462 e. The number of nitrogens with zero attached hydrogens (tertiary/aromatic N) is 2. The van der Waals surface area contributed by atoms with E-state index in [0.717, 1.165) is 75.0 Å². The number of allylic oxidation sites excluding steroid dienone is 6. The molecule has 0 bridgehead atoms. The minimum Gasteiger partial charge on any atom is -0.462 e. The van der Waals surface area contributed by atoms with Crippen molar-refractivity contribution in [3.8, 4) is 0 Å². The summed E-state index contributed by atoms with van der Waals surface area (Å²) in [5, 5.41) is 20.9. The lowest BCUT2D eigenvalue weighted by Crippen LogP contribution is -2.36. The average molecular weight is 1040 g/mol. The third-order valence-corrected chi connectivity index (χ3v) is 14.4. The van der Waals surface area contributed by atoms with Crippen LogP contribution in [0.4, 0.5) is 5.82 Å². The molecule has 2 saturated heterocycles. The lowest BCUT2D eigenvalue weighted by Gasteiger charge is -2.21. The zero-order valence-corrected chi connectivity index (χ0v) is 43.7. The van der Waals surface area contributed by atoms with E-state index in [1.165, 1.54) is 63.9 Å². The molecule has 6 N–H and O–H groups in total. The predicted octanol–water partition coefficient (Wildman–Crippen LogP) is 9.54. The summed E-state index contributed by atoms with van der Waals surface area (Å²) in [7, 11) is -10.9. The minimum atomic E-state index is -5.44. The van der Waals surface area contributed by atoms with Gasteiger partial charge in [0.25, 0.3) is 0 Å². The van der Waals surface area contributed by atoms with Gasteiger partial charge in [0.2, 0.25) is 0 Å². The number of esters is 2. The summed E-state index contributed by atoms with van der Waals surface area (Å²) in [5.74, 6) is -1.38. The molecule has 0 spiro atoms. The van der Waals surface area contributed by atoms with Crippen molar-refractivity contribution in [2.75, 3.05) is 25.6 Å². The van der Waals surface area contributed by atoms with Crippen molar-refractivity contribution in [1.29, 1.82) is 0 Å². The number of nitrogens with two attached hydrogens (primary N) is 1. The van der Waals surface area contributed by atoms with Crippen LogP contribution in [0.3, 0.4) is 0 Å². The Balaban J connectivity index is 1.42. The highest BCUT2D eigenvalue weighted by Gasteiger charge is 2.46. The molecule has 19 nitrogen and oxygen atoms in total. The first kappa shape index (κ1) is 62.0. The molecular weight excluding hydrogens is 961 g/mol. The number of ether oxygens (including phenoxy) is 4. The molecule has 1 aromatic heterocycles. The molecule has 3 rings (SSSR count). The summed E-state index contributed by atoms with van der Waals surface area (Å²) in [5.41, 5.74) is 4.58. The number of aliphatic hydroxyl groups is 2. The molecule has 0 aromatic carbocycles. The first-order chi connectivity index (χ1) is 34.1. The third kappa shape index (κ3) is 28.1. The van der Waals surface area contributed by atoms with Crippen LogP contribution in [-0.4, -0.2) is 97.9 Å². The van der Waals surface area contributed by atoms with Crippen LogP contribution < -0.4 is 11.4 Å². The van der Waals surface area contributed by atoms with Gasteiger partial charge in [-0.2, -0.15) is 9.29 Å². The van der Waals surface area contributed by atoms with E-state index >= 15 is 0 Å². The molecule has 71 heavy (non-hydrogen) atoms. The largest absolute Gasteiger partial charge is 0.481 e. The first-order valence-electron chi connectivity index (χ1n) is 25.8. The van der Waals surface area contributed by atoms with Crippen molar-refractivity contribution in [2.45, 2.75) is 211 Å². The standard InChI is InChI=1S/C50H83N3O16P2/c1-3-5-7-9-11-13-14-15-16-17-18-20-22-24-29-33-45(54)63-37-40(66-46(55)34-30-26-25-28-32-42-41(67-42)31-27-23-21-19-12-10-8-6-4-2)38-64-70(59,60)69-71(61,62)65-39-43-47(56)48(57)49(68-43)53-36-35-44(51)52-50(53)58/h12,15-16,19,23,25,27-28,35-36,40-43,47-49,56-57H,3-11,13-14,17-18,20-22,24,26,29-34,37-39H2,1-2H3,(H,59,60)(H,61,62)(H2,51,52,58)/b16-15-,19-12-,27-23-,28-25-/t40-,41?,42?,43-,47-,48-,49-/m1/s1. The quantitative estimate of drug-likeness (QED) is 0.0134. The summed E-state index contributed by atoms with van der Waals surface area (Å²) in [6.07, 6.45) is 33.6. The summed E-state index contributed by atoms with van der Waals surface area (Å²) >= 11 is 0. The number of unbranched alkanes of at least 4 members (excludes halogenated alkanes) is 15. The Bertz CT molecular complexity index is 1950. The Hall–Kier alpha value is -3.32. The maximum absolute atomic E-state index is 12.9. The van der Waals surface area contributed by atoms with E-state index in [1.807, 2.05) is 12.2 Å². The lowest BCUT2D eigenvalue weighted by molar-refractivity contribution is -0.161. The predicted molar refractivity (Wildman–Crippen MR) is 270 cm³/mol. The van der Waals surface area contributed by atoms with Gasteiger partial charge in [-0.25, -0.2) is 13.9 Å². The van der Waals surface area contributed by atoms with Crippen molar-refractivity contribution < 1.29 is 71.0 Å². The average Bonchev–Trinajstić information content (AvgIpc) is 4.02. The van der Waals surface area contributed by atoms with Crippen LogP contribution in [0.2, 0.25) is 0 Å². The fourth-order valence-corrected chi connectivity index (χ4v) is 9.75. The first-order valence-corrected chi connectivity index (χ1v) is 28.8. The number of nitrogen functional groups attached to an aromatic ring is 1. The highest BCUT2D eigenvalue weighted by molar-refractivity contribution is 7.61. The van der Waals surface area contributed by atoms with E-state index in [4.69, 9.17) is 33.7 Å². The fraction of sp³-hybridized carbons (Fsp3) is 0.720. The number of carbonyl (C=O) groups is 2. The Labute approximate surface area is 420 Å². The Morgan fingerprint density at radius 3 is 1.90 bits per heavy atom. The minimum absolute atomic E-state index is 0.0365. The van der Waals surface area contributed by atoms with Crippen LogP contribution in [0.25, 0.3) is 0 Å². The number of phosphoric acid groups is 2. The molecule has 404 valence electrons. The van der Waals surface area contributed by atoms with Crippen molar-refractivity contribution in [3.05, 3.63) is 71.4 Å². The number of phosphoric ester groups is 2. The van der Waals surface area contributed by atoms with E-state index < -0.39 is 83.7 Å². The summed E-state index contributed by atoms with van der Waals surface area (Å²) in [6.45, 7) is 2.05. The van der Waals surface area contributed by atoms with Crippen LogP contribution >= 0.6 is 15.6 Å². The topological polar surface area (TPSA) is 278 Å². The Morgan fingerprint density at radius 2 is 1.23 bits per heavy atom. The summed E-state index contributed by atoms with van der Waals surface area (Å²) < 4.78 is 62.5. The van der Waals surface area contributed by atoms with Gasteiger partial charge in [-0.3, -0.25) is 23.2 Å². The molecule has 0 radical (unpaired) electrons. The molecule has 0 amide bonds. The Kier molecular flexibility index (Phi) is 31.2. The van der Waals surface area contributed by atoms with Gasteiger partial charge in [0.15, 0.2) is 12.3 Å². The maximum atomic E-state index is 12.9. The van der Waals surface area contributed by atoms with Gasteiger partial charge in [-0.15, -0.1) is 0 Å². The van der Waals surface area contributed by atoms with Gasteiger partial charge in [0.05, 0.1) is 25.4 Å². The second-order valence-electron chi connectivity index (χ2n) is 18.1. The number of rotatable bonds is 41. The highest BCUT2D eigenvalue weighted by Crippen LogP contribution is 2.60. The molecule has 1 aromatic rings.